The molecule has 0 saturated carbocycles. The molecule has 1 amide bonds. The van der Waals surface area contributed by atoms with Crippen molar-refractivity contribution in [2.75, 3.05) is 19.0 Å². The van der Waals surface area contributed by atoms with E-state index < -0.39 is 0 Å². The second kappa shape index (κ2) is 7.65. The number of amides is 1. The maximum absolute atomic E-state index is 12.3. The largest absolute Gasteiger partial charge is 0.481 e. The van der Waals surface area contributed by atoms with E-state index in [-0.39, 0.29) is 18.0 Å². The molecular formula is C18H20N4O3. The van der Waals surface area contributed by atoms with E-state index in [1.165, 1.54) is 0 Å². The smallest absolute Gasteiger partial charge is 0.282 e. The normalized spacial score (nSPS) is 16.0. The fourth-order valence-electron chi connectivity index (χ4n) is 2.52. The molecule has 0 radical (unpaired) electrons. The number of benzene rings is 1. The maximum atomic E-state index is 12.3. The Bertz CT molecular complexity index is 757. The zero-order valence-corrected chi connectivity index (χ0v) is 13.9. The van der Waals surface area contributed by atoms with Gasteiger partial charge in [0.1, 0.15) is 6.61 Å². The van der Waals surface area contributed by atoms with Gasteiger partial charge in [-0.25, -0.2) is 9.98 Å². The molecule has 1 aliphatic heterocycles. The number of nitrogens with one attached hydrogen (secondary N) is 1. The first-order chi connectivity index (χ1) is 12.1. The molecular weight excluding hydrogens is 320 g/mol. The number of carbonyl (C=O) groups excluding carboxylic acids is 1. The summed E-state index contributed by atoms with van der Waals surface area (Å²) in [5.74, 6) is 0.321. The predicted molar refractivity (Wildman–Crippen MR) is 94.9 cm³/mol. The third kappa shape index (κ3) is 4.47. The number of methoxy groups -OCH3 is 1. The second-order valence-electron chi connectivity index (χ2n) is 5.71. The van der Waals surface area contributed by atoms with Crippen LogP contribution in [0.25, 0.3) is 0 Å². The molecule has 1 unspecified atom stereocenters. The van der Waals surface area contributed by atoms with Crippen LogP contribution in [0.4, 0.5) is 5.69 Å². The molecule has 3 rings (SSSR count). The number of rotatable bonds is 6. The molecule has 1 atom stereocenters. The summed E-state index contributed by atoms with van der Waals surface area (Å²) >= 11 is 0. The number of anilines is 1. The van der Waals surface area contributed by atoms with Crippen molar-refractivity contribution in [2.45, 2.75) is 18.9 Å². The van der Waals surface area contributed by atoms with Gasteiger partial charge in [0.25, 0.3) is 11.9 Å². The van der Waals surface area contributed by atoms with Gasteiger partial charge in [-0.1, -0.05) is 12.1 Å². The summed E-state index contributed by atoms with van der Waals surface area (Å²) < 4.78 is 10.1. The molecule has 2 heterocycles. The van der Waals surface area contributed by atoms with Gasteiger partial charge < -0.3 is 20.5 Å². The van der Waals surface area contributed by atoms with Crippen molar-refractivity contribution in [3.63, 3.8) is 0 Å². The van der Waals surface area contributed by atoms with Crippen molar-refractivity contribution in [3.05, 3.63) is 53.7 Å². The molecule has 0 aliphatic carbocycles. The van der Waals surface area contributed by atoms with E-state index >= 15 is 0 Å². The molecule has 0 bridgehead atoms. The number of amidine groups is 1. The summed E-state index contributed by atoms with van der Waals surface area (Å²) in [5, 5.41) is 2.81. The highest BCUT2D eigenvalue weighted by molar-refractivity contribution is 6.04. The molecule has 1 aromatic carbocycles. The number of pyridine rings is 1. The van der Waals surface area contributed by atoms with Gasteiger partial charge in [-0.15, -0.1) is 0 Å². The summed E-state index contributed by atoms with van der Waals surface area (Å²) in [6, 6.07) is 11.3. The van der Waals surface area contributed by atoms with Crippen LogP contribution in [0, 0.1) is 0 Å². The molecule has 0 spiro atoms. The summed E-state index contributed by atoms with van der Waals surface area (Å²) in [6.45, 7) is 0.544. The lowest BCUT2D eigenvalue weighted by Crippen LogP contribution is -2.12. The van der Waals surface area contributed by atoms with Gasteiger partial charge in [-0.2, -0.15) is 0 Å². The van der Waals surface area contributed by atoms with Crippen LogP contribution in [-0.4, -0.2) is 36.7 Å². The van der Waals surface area contributed by atoms with Crippen molar-refractivity contribution in [3.8, 4) is 5.88 Å². The van der Waals surface area contributed by atoms with Gasteiger partial charge in [-0.05, 0) is 36.6 Å². The number of hydrogen-bond donors (Lipinski definition) is 2. The fraction of sp³-hybridized carbons (Fsp3) is 0.278. The highest BCUT2D eigenvalue weighted by atomic mass is 16.5. The summed E-state index contributed by atoms with van der Waals surface area (Å²) in [4.78, 5) is 20.5. The highest BCUT2D eigenvalue weighted by Crippen LogP contribution is 2.15. The third-order valence-electron chi connectivity index (χ3n) is 3.92. The minimum atomic E-state index is -0.180. The molecule has 1 aliphatic rings. The van der Waals surface area contributed by atoms with Crippen LogP contribution >= 0.6 is 0 Å². The number of nitrogens with zero attached hydrogens (tertiary/aromatic N) is 2. The topological polar surface area (TPSA) is 98.8 Å². The van der Waals surface area contributed by atoms with Gasteiger partial charge >= 0.3 is 0 Å². The van der Waals surface area contributed by atoms with Crippen molar-refractivity contribution >= 4 is 17.6 Å². The zero-order chi connectivity index (χ0) is 17.6. The quantitative estimate of drug-likeness (QED) is 0.838. The summed E-state index contributed by atoms with van der Waals surface area (Å²) in [7, 11) is 1.54. The molecule has 0 saturated heterocycles. The third-order valence-corrected chi connectivity index (χ3v) is 3.92. The summed E-state index contributed by atoms with van der Waals surface area (Å²) in [6.07, 6.45) is 3.28. The Balaban J connectivity index is 1.54. The number of aliphatic imine (C=N–C) groups is 1. The van der Waals surface area contributed by atoms with E-state index in [1.54, 1.807) is 25.4 Å². The van der Waals surface area contributed by atoms with Crippen LogP contribution in [-0.2, 0) is 11.2 Å². The van der Waals surface area contributed by atoms with E-state index in [0.29, 0.717) is 23.7 Å². The van der Waals surface area contributed by atoms with Gasteiger partial charge in [0.15, 0.2) is 0 Å². The predicted octanol–water partition coefficient (Wildman–Crippen LogP) is 1.99. The average molecular weight is 340 g/mol. The SMILES string of the molecule is COc1ccc(NC(=O)c2ccc(CCC3COC(N)=N3)cc2)cn1. The highest BCUT2D eigenvalue weighted by Gasteiger charge is 2.16. The number of hydrogen-bond acceptors (Lipinski definition) is 6. The molecule has 130 valence electrons. The minimum Gasteiger partial charge on any atom is -0.481 e. The first-order valence-corrected chi connectivity index (χ1v) is 8.00. The van der Waals surface area contributed by atoms with Crippen LogP contribution in [0.1, 0.15) is 22.3 Å². The van der Waals surface area contributed by atoms with E-state index in [4.69, 9.17) is 15.2 Å². The molecule has 25 heavy (non-hydrogen) atoms. The Morgan fingerprint density at radius 3 is 2.72 bits per heavy atom. The minimum absolute atomic E-state index is 0.116. The first-order valence-electron chi connectivity index (χ1n) is 8.00. The van der Waals surface area contributed by atoms with E-state index in [1.807, 2.05) is 24.3 Å². The van der Waals surface area contributed by atoms with Gasteiger partial charge in [0.2, 0.25) is 5.88 Å². The lowest BCUT2D eigenvalue weighted by molar-refractivity contribution is 0.102. The number of carbonyl (C=O) groups is 1. The number of ether oxygens (including phenoxy) is 2. The zero-order valence-electron chi connectivity index (χ0n) is 13.9. The van der Waals surface area contributed by atoms with Crippen LogP contribution in [0.5, 0.6) is 5.88 Å². The molecule has 3 N–H and O–H groups in total. The molecule has 2 aromatic rings. The second-order valence-corrected chi connectivity index (χ2v) is 5.71. The Labute approximate surface area is 145 Å². The maximum Gasteiger partial charge on any atom is 0.282 e. The van der Waals surface area contributed by atoms with E-state index in [9.17, 15) is 4.79 Å². The monoisotopic (exact) mass is 340 g/mol. The summed E-state index contributed by atoms with van der Waals surface area (Å²) in [5.41, 5.74) is 7.85. The number of aryl methyl sites for hydroxylation is 1. The van der Waals surface area contributed by atoms with E-state index in [0.717, 1.165) is 18.4 Å². The van der Waals surface area contributed by atoms with Crippen LogP contribution in [0.3, 0.4) is 0 Å². The lowest BCUT2D eigenvalue weighted by Gasteiger charge is -2.08. The molecule has 7 nitrogen and oxygen atoms in total. The molecule has 1 aromatic heterocycles. The number of nitrogens with two attached hydrogens (primary N) is 1. The van der Waals surface area contributed by atoms with Crippen molar-refractivity contribution in [2.24, 2.45) is 10.7 Å². The Morgan fingerprint density at radius 2 is 2.12 bits per heavy atom. The number of aromatic nitrogens is 1. The van der Waals surface area contributed by atoms with Crippen molar-refractivity contribution in [1.82, 2.24) is 4.98 Å². The first kappa shape index (κ1) is 16.8. The van der Waals surface area contributed by atoms with Crippen molar-refractivity contribution in [1.29, 1.82) is 0 Å². The van der Waals surface area contributed by atoms with Crippen LogP contribution in [0.2, 0.25) is 0 Å². The van der Waals surface area contributed by atoms with Gasteiger partial charge in [-0.3, -0.25) is 4.79 Å². The molecule has 7 heteroatoms. The van der Waals surface area contributed by atoms with E-state index in [2.05, 4.69) is 15.3 Å². The Morgan fingerprint density at radius 1 is 1.32 bits per heavy atom. The van der Waals surface area contributed by atoms with Crippen LogP contribution < -0.4 is 15.8 Å². The Kier molecular flexibility index (Phi) is 5.13. The Hall–Kier alpha value is -3.09. The van der Waals surface area contributed by atoms with Crippen LogP contribution in [0.15, 0.2) is 47.6 Å². The average Bonchev–Trinajstić information content (AvgIpc) is 3.06. The standard InChI is InChI=1S/C18H20N4O3/c1-24-16-9-8-14(10-20-16)21-17(23)13-5-2-12(3-6-13)4-7-15-11-25-18(19)22-15/h2-3,5-6,8-10,15H,4,7,11H2,1H3,(H2,19,22)(H,21,23). The van der Waals surface area contributed by atoms with Gasteiger partial charge in [0.05, 0.1) is 25.0 Å². The van der Waals surface area contributed by atoms with Gasteiger partial charge in [0, 0.05) is 11.6 Å². The molecule has 0 fully saturated rings. The van der Waals surface area contributed by atoms with Crippen molar-refractivity contribution < 1.29 is 14.3 Å². The lowest BCUT2D eigenvalue weighted by atomic mass is 10.0. The fourth-order valence-corrected chi connectivity index (χ4v) is 2.52.